The molecule has 3 heterocycles. The summed E-state index contributed by atoms with van der Waals surface area (Å²) < 4.78 is 0. The molecule has 0 unspecified atom stereocenters. The summed E-state index contributed by atoms with van der Waals surface area (Å²) in [5.74, 6) is 0.689. The van der Waals surface area contributed by atoms with Gasteiger partial charge in [0, 0.05) is 38.7 Å². The van der Waals surface area contributed by atoms with Crippen LogP contribution in [0.15, 0.2) is 170 Å². The molecule has 0 amide bonds. The highest BCUT2D eigenvalue weighted by Gasteiger charge is 2.13. The van der Waals surface area contributed by atoms with Gasteiger partial charge in [0.25, 0.3) is 0 Å². The van der Waals surface area contributed by atoms with Gasteiger partial charge in [0.2, 0.25) is 0 Å². The maximum absolute atomic E-state index is 5.12. The van der Waals surface area contributed by atoms with Crippen molar-refractivity contribution in [2.45, 2.75) is 13.8 Å². The first-order chi connectivity index (χ1) is 25.6. The van der Waals surface area contributed by atoms with Crippen LogP contribution in [0.25, 0.3) is 89.2 Å². The van der Waals surface area contributed by atoms with Crippen LogP contribution in [0.4, 0.5) is 0 Å². The van der Waals surface area contributed by atoms with Gasteiger partial charge in [-0.05, 0) is 65.9 Å². The Bertz CT molecular complexity index is 2720. The van der Waals surface area contributed by atoms with Gasteiger partial charge in [0.05, 0.1) is 28.1 Å². The normalized spacial score (nSPS) is 11.3. The highest BCUT2D eigenvalue weighted by molar-refractivity contribution is 6.04. The molecule has 0 fully saturated rings. The second-order valence-electron chi connectivity index (χ2n) is 13.2. The molecule has 0 aliphatic heterocycles. The Balaban J connectivity index is 1.06. The van der Waals surface area contributed by atoms with E-state index in [0.29, 0.717) is 5.82 Å². The van der Waals surface area contributed by atoms with Crippen LogP contribution in [0.3, 0.4) is 0 Å². The van der Waals surface area contributed by atoms with Gasteiger partial charge in [0.15, 0.2) is 5.82 Å². The van der Waals surface area contributed by atoms with Gasteiger partial charge >= 0.3 is 0 Å². The standard InChI is InChI=1S/C48H34N4/c1-31-28-32(2)49-47-42(31)26-24-39-25-27-43(50-46(39)47)37-20-18-35(19-21-37)40-14-9-15-41(29-40)48-51-44(36-12-7-4-8-13-36)30-45(52-48)38-22-16-34(17-23-38)33-10-5-3-6-11-33/h3-30H,1-2H3. The van der Waals surface area contributed by atoms with Gasteiger partial charge < -0.3 is 0 Å². The number of rotatable bonds is 6. The summed E-state index contributed by atoms with van der Waals surface area (Å²) in [4.78, 5) is 20.2. The topological polar surface area (TPSA) is 51.6 Å². The average Bonchev–Trinajstić information content (AvgIpc) is 3.21. The van der Waals surface area contributed by atoms with Crippen molar-refractivity contribution in [1.82, 2.24) is 19.9 Å². The number of benzene rings is 6. The van der Waals surface area contributed by atoms with Crippen LogP contribution in [0.1, 0.15) is 11.3 Å². The van der Waals surface area contributed by atoms with E-state index in [-0.39, 0.29) is 0 Å². The molecule has 4 nitrogen and oxygen atoms in total. The minimum Gasteiger partial charge on any atom is -0.251 e. The highest BCUT2D eigenvalue weighted by Crippen LogP contribution is 2.33. The summed E-state index contributed by atoms with van der Waals surface area (Å²) in [5.41, 5.74) is 15.5. The van der Waals surface area contributed by atoms with Gasteiger partial charge in [-0.2, -0.15) is 0 Å². The van der Waals surface area contributed by atoms with Crippen LogP contribution in [-0.2, 0) is 0 Å². The predicted octanol–water partition coefficient (Wildman–Crippen LogP) is 12.2. The van der Waals surface area contributed by atoms with Crippen LogP contribution in [0.2, 0.25) is 0 Å². The maximum Gasteiger partial charge on any atom is 0.160 e. The molecule has 0 saturated carbocycles. The second-order valence-corrected chi connectivity index (χ2v) is 13.2. The molecular weight excluding hydrogens is 633 g/mol. The third-order valence-electron chi connectivity index (χ3n) is 9.69. The van der Waals surface area contributed by atoms with Crippen LogP contribution < -0.4 is 0 Å². The molecule has 6 aromatic carbocycles. The monoisotopic (exact) mass is 666 g/mol. The fourth-order valence-corrected chi connectivity index (χ4v) is 6.98. The van der Waals surface area contributed by atoms with Crippen molar-refractivity contribution in [2.75, 3.05) is 0 Å². The fourth-order valence-electron chi connectivity index (χ4n) is 6.98. The van der Waals surface area contributed by atoms with Crippen molar-refractivity contribution < 1.29 is 0 Å². The number of nitrogens with zero attached hydrogens (tertiary/aromatic N) is 4. The van der Waals surface area contributed by atoms with Crippen LogP contribution in [0, 0.1) is 13.8 Å². The number of hydrogen-bond donors (Lipinski definition) is 0. The quantitative estimate of drug-likeness (QED) is 0.166. The van der Waals surface area contributed by atoms with Crippen molar-refractivity contribution >= 4 is 21.8 Å². The predicted molar refractivity (Wildman–Crippen MR) is 215 cm³/mol. The Kier molecular flexibility index (Phi) is 7.90. The Morgan fingerprint density at radius 3 is 1.54 bits per heavy atom. The van der Waals surface area contributed by atoms with E-state index in [1.54, 1.807) is 0 Å². The van der Waals surface area contributed by atoms with Crippen molar-refractivity contribution in [3.8, 4) is 67.4 Å². The summed E-state index contributed by atoms with van der Waals surface area (Å²) in [6.07, 6.45) is 0. The van der Waals surface area contributed by atoms with Crippen LogP contribution >= 0.6 is 0 Å². The van der Waals surface area contributed by atoms with E-state index in [1.165, 1.54) is 16.7 Å². The number of aryl methyl sites for hydroxylation is 2. The first-order valence-corrected chi connectivity index (χ1v) is 17.6. The zero-order chi connectivity index (χ0) is 35.0. The summed E-state index contributed by atoms with van der Waals surface area (Å²) in [6, 6.07) is 59.2. The van der Waals surface area contributed by atoms with Crippen LogP contribution in [-0.4, -0.2) is 19.9 Å². The second kappa shape index (κ2) is 13.2. The minimum atomic E-state index is 0.689. The van der Waals surface area contributed by atoms with E-state index in [9.17, 15) is 0 Å². The SMILES string of the molecule is Cc1cc(C)c2ccc3ccc(-c4ccc(-c5cccc(-c6nc(-c7ccccc7)cc(-c7ccc(-c8ccccc8)cc7)n6)c5)cc4)nc3c2n1. The first-order valence-electron chi connectivity index (χ1n) is 17.6. The first kappa shape index (κ1) is 31.2. The van der Waals surface area contributed by atoms with Gasteiger partial charge in [0.1, 0.15) is 0 Å². The van der Waals surface area contributed by atoms with Crippen molar-refractivity contribution in [3.63, 3.8) is 0 Å². The molecule has 9 rings (SSSR count). The molecule has 0 aliphatic carbocycles. The molecule has 0 saturated heterocycles. The molecule has 0 bridgehead atoms. The molecule has 4 heteroatoms. The molecule has 0 radical (unpaired) electrons. The van der Waals surface area contributed by atoms with Gasteiger partial charge in [-0.3, -0.25) is 4.98 Å². The van der Waals surface area contributed by atoms with Gasteiger partial charge in [-0.15, -0.1) is 0 Å². The molecule has 0 atom stereocenters. The number of aromatic nitrogens is 4. The molecule has 9 aromatic rings. The third-order valence-corrected chi connectivity index (χ3v) is 9.69. The molecule has 246 valence electrons. The fraction of sp³-hybridized carbons (Fsp3) is 0.0417. The van der Waals surface area contributed by atoms with E-state index in [0.717, 1.165) is 78.0 Å². The van der Waals surface area contributed by atoms with Crippen molar-refractivity contribution in [3.05, 3.63) is 181 Å². The van der Waals surface area contributed by atoms with Gasteiger partial charge in [-0.1, -0.05) is 146 Å². The highest BCUT2D eigenvalue weighted by atomic mass is 14.9. The molecule has 0 spiro atoms. The Morgan fingerprint density at radius 2 is 0.846 bits per heavy atom. The number of fused-ring (bicyclic) bond motifs is 3. The summed E-state index contributed by atoms with van der Waals surface area (Å²) >= 11 is 0. The lowest BCUT2D eigenvalue weighted by atomic mass is 9.99. The average molecular weight is 667 g/mol. The molecule has 52 heavy (non-hydrogen) atoms. The maximum atomic E-state index is 5.12. The Hall–Kier alpha value is -6.78. The Morgan fingerprint density at radius 1 is 0.327 bits per heavy atom. The molecule has 0 aliphatic rings. The molecular formula is C48H34N4. The van der Waals surface area contributed by atoms with E-state index in [1.807, 2.05) is 31.2 Å². The van der Waals surface area contributed by atoms with E-state index < -0.39 is 0 Å². The largest absolute Gasteiger partial charge is 0.251 e. The van der Waals surface area contributed by atoms with Gasteiger partial charge in [-0.25, -0.2) is 15.0 Å². The zero-order valence-corrected chi connectivity index (χ0v) is 29.0. The molecule has 3 aromatic heterocycles. The lowest BCUT2D eigenvalue weighted by Gasteiger charge is -2.11. The summed E-state index contributed by atoms with van der Waals surface area (Å²) in [7, 11) is 0. The lowest BCUT2D eigenvalue weighted by Crippen LogP contribution is -1.96. The minimum absolute atomic E-state index is 0.689. The number of pyridine rings is 2. The summed E-state index contributed by atoms with van der Waals surface area (Å²) in [5, 5.41) is 2.23. The smallest absolute Gasteiger partial charge is 0.160 e. The number of hydrogen-bond acceptors (Lipinski definition) is 4. The third kappa shape index (κ3) is 6.01. The molecule has 0 N–H and O–H groups in total. The van der Waals surface area contributed by atoms with Crippen molar-refractivity contribution in [2.24, 2.45) is 0 Å². The van der Waals surface area contributed by atoms with E-state index in [2.05, 4.69) is 153 Å². The van der Waals surface area contributed by atoms with E-state index >= 15 is 0 Å². The summed E-state index contributed by atoms with van der Waals surface area (Å²) in [6.45, 7) is 4.18. The lowest BCUT2D eigenvalue weighted by molar-refractivity contribution is 1.18. The van der Waals surface area contributed by atoms with Crippen molar-refractivity contribution in [1.29, 1.82) is 0 Å². The van der Waals surface area contributed by atoms with E-state index in [4.69, 9.17) is 19.9 Å². The Labute approximate surface area is 303 Å². The van der Waals surface area contributed by atoms with Crippen LogP contribution in [0.5, 0.6) is 0 Å². The zero-order valence-electron chi connectivity index (χ0n) is 29.0.